The van der Waals surface area contributed by atoms with E-state index in [2.05, 4.69) is 9.97 Å². The number of rotatable bonds is 7. The first kappa shape index (κ1) is 20.7. The zero-order chi connectivity index (χ0) is 20.1. The zero-order valence-corrected chi connectivity index (χ0v) is 16.4. The highest BCUT2D eigenvalue weighted by Crippen LogP contribution is 2.21. The molecule has 3 N–H and O–H groups in total. The van der Waals surface area contributed by atoms with Gasteiger partial charge in [-0.25, -0.2) is 9.78 Å². The minimum absolute atomic E-state index is 0.0242. The fourth-order valence-corrected chi connectivity index (χ4v) is 2.79. The number of carbonyl (C=O) groups excluding carboxylic acids is 1. The number of nitrogen functional groups attached to an aromatic ring is 1. The highest BCUT2D eigenvalue weighted by molar-refractivity contribution is 6.29. The van der Waals surface area contributed by atoms with Crippen molar-refractivity contribution >= 4 is 29.0 Å². The second-order valence-electron chi connectivity index (χ2n) is 6.68. The normalized spacial score (nSPS) is 11.0. The summed E-state index contributed by atoms with van der Waals surface area (Å²) in [6.07, 6.45) is 2.82. The summed E-state index contributed by atoms with van der Waals surface area (Å²) >= 11 is 5.78. The molecule has 27 heavy (non-hydrogen) atoms. The lowest BCUT2D eigenvalue weighted by Crippen LogP contribution is -2.42. The average Bonchev–Trinajstić information content (AvgIpc) is 2.61. The number of unbranched alkanes of at least 4 members (excludes halogenated alkanes) is 1. The van der Waals surface area contributed by atoms with Gasteiger partial charge in [0, 0.05) is 19.3 Å². The van der Waals surface area contributed by atoms with Gasteiger partial charge < -0.3 is 10.6 Å². The fourth-order valence-electron chi connectivity index (χ4n) is 2.67. The number of halogens is 1. The molecule has 0 unspecified atom stereocenters. The van der Waals surface area contributed by atoms with Crippen LogP contribution in [-0.4, -0.2) is 27.0 Å². The summed E-state index contributed by atoms with van der Waals surface area (Å²) in [5.41, 5.74) is 5.13. The van der Waals surface area contributed by atoms with Crippen LogP contribution in [0.2, 0.25) is 5.15 Å². The number of H-pyrrole nitrogens is 1. The quantitative estimate of drug-likeness (QED) is 0.700. The van der Waals surface area contributed by atoms with Crippen molar-refractivity contribution < 1.29 is 4.79 Å². The van der Waals surface area contributed by atoms with Crippen LogP contribution in [0.1, 0.15) is 44.0 Å². The number of pyridine rings is 1. The van der Waals surface area contributed by atoms with E-state index in [1.54, 1.807) is 0 Å². The van der Waals surface area contributed by atoms with Gasteiger partial charge in [0.2, 0.25) is 0 Å². The van der Waals surface area contributed by atoms with Crippen molar-refractivity contribution in [2.75, 3.05) is 17.2 Å². The maximum Gasteiger partial charge on any atom is 0.330 e. The van der Waals surface area contributed by atoms with Gasteiger partial charge in [0.1, 0.15) is 11.0 Å². The van der Waals surface area contributed by atoms with Crippen LogP contribution >= 0.6 is 11.6 Å². The fraction of sp³-hybridized carbons (Fsp3) is 0.444. The summed E-state index contributed by atoms with van der Waals surface area (Å²) in [4.78, 5) is 45.2. The van der Waals surface area contributed by atoms with E-state index in [0.29, 0.717) is 13.0 Å². The molecule has 2 rings (SSSR count). The first-order chi connectivity index (χ1) is 12.8. The van der Waals surface area contributed by atoms with Crippen LogP contribution in [0.5, 0.6) is 0 Å². The lowest BCUT2D eigenvalue weighted by molar-refractivity contribution is 0.0986. The summed E-state index contributed by atoms with van der Waals surface area (Å²) in [5, 5.41) is 0.259. The van der Waals surface area contributed by atoms with Gasteiger partial charge in [0.05, 0.1) is 5.56 Å². The van der Waals surface area contributed by atoms with E-state index in [4.69, 9.17) is 17.3 Å². The highest BCUT2D eigenvalue weighted by Gasteiger charge is 2.25. The standard InChI is InChI=1S/C18H24ClN5O3/c1-4-5-8-23(17(26)12-6-7-13(19)21-9-12)14-15(20)24(10-11(2)3)18(27)22-16(14)25/h6-7,9,11H,4-5,8,10,20H2,1-3H3,(H,22,25,27). The monoisotopic (exact) mass is 393 g/mol. The Balaban J connectivity index is 2.59. The van der Waals surface area contributed by atoms with Crippen LogP contribution in [0.25, 0.3) is 0 Å². The van der Waals surface area contributed by atoms with E-state index >= 15 is 0 Å². The predicted octanol–water partition coefficient (Wildman–Crippen LogP) is 2.27. The number of aromatic nitrogens is 3. The Morgan fingerprint density at radius 1 is 1.37 bits per heavy atom. The maximum atomic E-state index is 13.0. The van der Waals surface area contributed by atoms with Gasteiger partial charge in [-0.1, -0.05) is 38.8 Å². The molecule has 0 bridgehead atoms. The Morgan fingerprint density at radius 3 is 2.63 bits per heavy atom. The third kappa shape index (κ3) is 4.77. The second kappa shape index (κ2) is 8.85. The van der Waals surface area contributed by atoms with Gasteiger partial charge in [0.15, 0.2) is 5.69 Å². The van der Waals surface area contributed by atoms with E-state index in [-0.39, 0.29) is 34.7 Å². The van der Waals surface area contributed by atoms with Gasteiger partial charge in [0.25, 0.3) is 11.5 Å². The lowest BCUT2D eigenvalue weighted by Gasteiger charge is -2.24. The molecular formula is C18H24ClN5O3. The van der Waals surface area contributed by atoms with E-state index in [1.165, 1.54) is 27.8 Å². The lowest BCUT2D eigenvalue weighted by atomic mass is 10.2. The van der Waals surface area contributed by atoms with Crippen molar-refractivity contribution in [3.63, 3.8) is 0 Å². The molecular weight excluding hydrogens is 370 g/mol. The molecule has 0 aromatic carbocycles. The van der Waals surface area contributed by atoms with Crippen molar-refractivity contribution in [3.05, 3.63) is 49.9 Å². The van der Waals surface area contributed by atoms with Crippen molar-refractivity contribution in [2.24, 2.45) is 5.92 Å². The Morgan fingerprint density at radius 2 is 2.07 bits per heavy atom. The number of amides is 1. The summed E-state index contributed by atoms with van der Waals surface area (Å²) in [7, 11) is 0. The van der Waals surface area contributed by atoms with E-state index < -0.39 is 17.2 Å². The van der Waals surface area contributed by atoms with Crippen LogP contribution in [-0.2, 0) is 6.54 Å². The first-order valence-electron chi connectivity index (χ1n) is 8.82. The molecule has 0 fully saturated rings. The minimum Gasteiger partial charge on any atom is -0.383 e. The van der Waals surface area contributed by atoms with Crippen LogP contribution < -0.4 is 21.9 Å². The first-order valence-corrected chi connectivity index (χ1v) is 9.20. The molecule has 0 spiro atoms. The third-order valence-electron chi connectivity index (χ3n) is 3.99. The number of aromatic amines is 1. The molecule has 1 amide bonds. The Hall–Kier alpha value is -2.61. The topological polar surface area (TPSA) is 114 Å². The van der Waals surface area contributed by atoms with Crippen LogP contribution in [0, 0.1) is 5.92 Å². The number of nitrogens with zero attached hydrogens (tertiary/aromatic N) is 3. The molecule has 9 heteroatoms. The molecule has 0 saturated carbocycles. The molecule has 2 aromatic heterocycles. The second-order valence-corrected chi connectivity index (χ2v) is 7.06. The number of hydrogen-bond acceptors (Lipinski definition) is 5. The molecule has 8 nitrogen and oxygen atoms in total. The van der Waals surface area contributed by atoms with Gasteiger partial charge >= 0.3 is 5.69 Å². The molecule has 2 heterocycles. The molecule has 0 aliphatic carbocycles. The number of hydrogen-bond donors (Lipinski definition) is 2. The molecule has 0 aliphatic rings. The van der Waals surface area contributed by atoms with Gasteiger partial charge in [-0.05, 0) is 24.5 Å². The average molecular weight is 394 g/mol. The highest BCUT2D eigenvalue weighted by atomic mass is 35.5. The molecule has 2 aromatic rings. The molecule has 0 atom stereocenters. The SMILES string of the molecule is CCCCN(C(=O)c1ccc(Cl)nc1)c1c(N)n(CC(C)C)c(=O)[nH]c1=O. The maximum absolute atomic E-state index is 13.0. The minimum atomic E-state index is -0.691. The van der Waals surface area contributed by atoms with Gasteiger partial charge in [-0.3, -0.25) is 19.1 Å². The summed E-state index contributed by atoms with van der Waals surface area (Å²) < 4.78 is 1.29. The zero-order valence-electron chi connectivity index (χ0n) is 15.7. The van der Waals surface area contributed by atoms with Crippen LogP contribution in [0.3, 0.4) is 0 Å². The summed E-state index contributed by atoms with van der Waals surface area (Å²) in [5.74, 6) is -0.326. The van der Waals surface area contributed by atoms with Gasteiger partial charge in [-0.15, -0.1) is 0 Å². The molecule has 146 valence electrons. The van der Waals surface area contributed by atoms with Crippen molar-refractivity contribution in [1.82, 2.24) is 14.5 Å². The van der Waals surface area contributed by atoms with Crippen molar-refractivity contribution in [2.45, 2.75) is 40.2 Å². The van der Waals surface area contributed by atoms with Crippen molar-refractivity contribution in [3.8, 4) is 0 Å². The third-order valence-corrected chi connectivity index (χ3v) is 4.21. The number of carbonyl (C=O) groups is 1. The smallest absolute Gasteiger partial charge is 0.330 e. The van der Waals surface area contributed by atoms with Crippen LogP contribution in [0.4, 0.5) is 11.5 Å². The Labute approximate surface area is 162 Å². The predicted molar refractivity (Wildman–Crippen MR) is 106 cm³/mol. The molecule has 0 radical (unpaired) electrons. The van der Waals surface area contributed by atoms with E-state index in [0.717, 1.165) is 6.42 Å². The Bertz CT molecular complexity index is 918. The molecule has 0 aliphatic heterocycles. The van der Waals surface area contributed by atoms with E-state index in [1.807, 2.05) is 20.8 Å². The number of nitrogens with two attached hydrogens (primary N) is 1. The summed E-state index contributed by atoms with van der Waals surface area (Å²) in [6, 6.07) is 3.03. The summed E-state index contributed by atoms with van der Waals surface area (Å²) in [6.45, 7) is 6.43. The van der Waals surface area contributed by atoms with Crippen LogP contribution in [0.15, 0.2) is 27.9 Å². The number of anilines is 2. The number of nitrogens with one attached hydrogen (secondary N) is 1. The van der Waals surface area contributed by atoms with Crippen molar-refractivity contribution in [1.29, 1.82) is 0 Å². The van der Waals surface area contributed by atoms with E-state index in [9.17, 15) is 14.4 Å². The van der Waals surface area contributed by atoms with Gasteiger partial charge in [-0.2, -0.15) is 0 Å². The molecule has 0 saturated heterocycles. The Kier molecular flexibility index (Phi) is 6.79. The largest absolute Gasteiger partial charge is 0.383 e.